The number of carboxylic acids is 1. The Bertz CT molecular complexity index is 1300. The smallest absolute Gasteiger partial charge is 0.353 e. The van der Waals surface area contributed by atoms with E-state index in [1.54, 1.807) is 6.92 Å². The highest BCUT2D eigenvalue weighted by Gasteiger charge is 2.60. The maximum atomic E-state index is 13.4. The summed E-state index contributed by atoms with van der Waals surface area (Å²) in [5, 5.41) is 30.5. The average Bonchev–Trinajstić information content (AvgIpc) is 3.77. The molecule has 45 heavy (non-hydrogen) atoms. The molecule has 3 amide bonds. The van der Waals surface area contributed by atoms with Gasteiger partial charge in [-0.3, -0.25) is 24.2 Å². The number of thioether (sulfide) groups is 1. The second-order valence-corrected chi connectivity index (χ2v) is 13.9. The topological polar surface area (TPSA) is 181 Å². The van der Waals surface area contributed by atoms with E-state index in [0.717, 1.165) is 52.4 Å². The molecule has 5 aliphatic rings. The van der Waals surface area contributed by atoms with Crippen LogP contribution in [0.3, 0.4) is 0 Å². The molecule has 0 bridgehead atoms. The summed E-state index contributed by atoms with van der Waals surface area (Å²) in [6.45, 7) is 13.7. The molecular formula is C28H43N11O5S. The van der Waals surface area contributed by atoms with Crippen molar-refractivity contribution in [1.29, 1.82) is 0 Å². The van der Waals surface area contributed by atoms with Crippen molar-refractivity contribution in [3.63, 3.8) is 0 Å². The molecular weight excluding hydrogens is 602 g/mol. The first-order valence-electron chi connectivity index (χ1n) is 15.9. The molecule has 1 aromatic heterocycles. The van der Waals surface area contributed by atoms with Gasteiger partial charge in [0.2, 0.25) is 17.7 Å². The summed E-state index contributed by atoms with van der Waals surface area (Å²) in [6.07, 6.45) is 1.93. The first-order valence-corrected chi connectivity index (χ1v) is 16.7. The van der Waals surface area contributed by atoms with Gasteiger partial charge < -0.3 is 30.9 Å². The van der Waals surface area contributed by atoms with Crippen LogP contribution in [0, 0.1) is 11.8 Å². The number of rotatable bonds is 11. The molecule has 1 unspecified atom stereocenters. The summed E-state index contributed by atoms with van der Waals surface area (Å²) < 4.78 is 1.29. The predicted molar refractivity (Wildman–Crippen MR) is 163 cm³/mol. The Morgan fingerprint density at radius 3 is 2.49 bits per heavy atom. The van der Waals surface area contributed by atoms with Crippen LogP contribution in [0.4, 0.5) is 0 Å². The SMILES string of the molecule is C[C@H]1C(S[C@@H]2CN[C@H](C(=O)N3CCN(CCN4CCNCC4)CC3)C2)=C(C(=O)O)N2C(=O)[C@H]([C@@H](C)NC(=O)Cn3cnnn3)C12. The Morgan fingerprint density at radius 2 is 1.82 bits per heavy atom. The number of carbonyl (C=O) groups is 4. The summed E-state index contributed by atoms with van der Waals surface area (Å²) in [5.41, 5.74) is 0.0256. The Labute approximate surface area is 266 Å². The minimum atomic E-state index is -1.14. The number of aromatic nitrogens is 4. The molecule has 4 N–H and O–H groups in total. The molecule has 5 aliphatic heterocycles. The number of carboxylic acid groups (broad SMARTS) is 1. The van der Waals surface area contributed by atoms with Crippen molar-refractivity contribution < 1.29 is 24.3 Å². The van der Waals surface area contributed by atoms with Gasteiger partial charge in [0.25, 0.3) is 0 Å². The number of carbonyl (C=O) groups excluding carboxylic acids is 3. The minimum absolute atomic E-state index is 0.00624. The molecule has 6 heterocycles. The predicted octanol–water partition coefficient (Wildman–Crippen LogP) is -2.54. The van der Waals surface area contributed by atoms with Crippen LogP contribution in [0.25, 0.3) is 0 Å². The second kappa shape index (κ2) is 13.7. The van der Waals surface area contributed by atoms with Gasteiger partial charge in [0.15, 0.2) is 0 Å². The van der Waals surface area contributed by atoms with Crippen LogP contribution in [0.15, 0.2) is 16.9 Å². The Morgan fingerprint density at radius 1 is 1.11 bits per heavy atom. The van der Waals surface area contributed by atoms with E-state index >= 15 is 0 Å². The number of hydrogen-bond donors (Lipinski definition) is 4. The first-order chi connectivity index (χ1) is 21.7. The molecule has 1 aromatic rings. The van der Waals surface area contributed by atoms with E-state index in [1.807, 2.05) is 11.8 Å². The quantitative estimate of drug-likeness (QED) is 0.185. The standard InChI is InChI=1S/C28H43N11O5S/c1-17-23-22(18(2)32-21(40)15-38-16-31-33-34-38)27(42)39(23)24(28(43)44)25(17)45-19-13-20(30-14-19)26(41)37-11-9-36(10-12-37)8-7-35-5-3-29-4-6-35/h16-20,22-23,29-30H,3-15H2,1-2H3,(H,32,40)(H,43,44)/t17-,18-,19+,20+,22-,23?/m1/s1. The Balaban J connectivity index is 1.00. The van der Waals surface area contributed by atoms with Gasteiger partial charge in [0, 0.05) is 94.1 Å². The van der Waals surface area contributed by atoms with Gasteiger partial charge in [-0.25, -0.2) is 9.48 Å². The van der Waals surface area contributed by atoms with Gasteiger partial charge in [0.05, 0.1) is 18.0 Å². The Hall–Kier alpha value is -3.12. The van der Waals surface area contributed by atoms with Gasteiger partial charge in [-0.1, -0.05) is 6.92 Å². The monoisotopic (exact) mass is 645 g/mol. The third-order valence-electron chi connectivity index (χ3n) is 9.72. The second-order valence-electron chi connectivity index (χ2n) is 12.6. The van der Waals surface area contributed by atoms with E-state index in [0.29, 0.717) is 31.0 Å². The molecule has 4 saturated heterocycles. The van der Waals surface area contributed by atoms with Crippen LogP contribution in [0.2, 0.25) is 0 Å². The van der Waals surface area contributed by atoms with Gasteiger partial charge in [0.1, 0.15) is 18.6 Å². The Kier molecular flexibility index (Phi) is 9.70. The maximum Gasteiger partial charge on any atom is 0.353 e. The molecule has 0 saturated carbocycles. The van der Waals surface area contributed by atoms with Gasteiger partial charge in [-0.05, 0) is 23.8 Å². The van der Waals surface area contributed by atoms with E-state index in [1.165, 1.54) is 27.7 Å². The van der Waals surface area contributed by atoms with Crippen molar-refractivity contribution in [1.82, 2.24) is 55.8 Å². The number of piperazine rings is 2. The zero-order valence-electron chi connectivity index (χ0n) is 25.8. The lowest BCUT2D eigenvalue weighted by Gasteiger charge is -2.47. The largest absolute Gasteiger partial charge is 0.477 e. The van der Waals surface area contributed by atoms with E-state index in [4.69, 9.17) is 0 Å². The fourth-order valence-electron chi connectivity index (χ4n) is 7.28. The lowest BCUT2D eigenvalue weighted by molar-refractivity contribution is -0.158. The van der Waals surface area contributed by atoms with Gasteiger partial charge in [-0.2, -0.15) is 0 Å². The van der Waals surface area contributed by atoms with Crippen molar-refractivity contribution in [3.05, 3.63) is 16.9 Å². The summed E-state index contributed by atoms with van der Waals surface area (Å²) in [7, 11) is 0. The number of tetrazole rings is 1. The highest BCUT2D eigenvalue weighted by atomic mass is 32.2. The van der Waals surface area contributed by atoms with E-state index in [2.05, 4.69) is 41.3 Å². The van der Waals surface area contributed by atoms with Crippen LogP contribution in [-0.4, -0.2) is 164 Å². The minimum Gasteiger partial charge on any atom is -0.477 e. The number of β-lactam (4-membered cyclic amide) rings is 1. The van der Waals surface area contributed by atoms with Gasteiger partial charge >= 0.3 is 5.97 Å². The fraction of sp³-hybridized carbons (Fsp3) is 0.750. The van der Waals surface area contributed by atoms with Crippen molar-refractivity contribution in [3.8, 4) is 0 Å². The number of nitrogens with one attached hydrogen (secondary N) is 3. The van der Waals surface area contributed by atoms with Crippen molar-refractivity contribution in [2.75, 3.05) is 72.0 Å². The highest BCUT2D eigenvalue weighted by molar-refractivity contribution is 8.03. The summed E-state index contributed by atoms with van der Waals surface area (Å²) in [4.78, 5) is 60.5. The molecule has 0 spiro atoms. The summed E-state index contributed by atoms with van der Waals surface area (Å²) in [6, 6.07) is -1.16. The number of hydrogen-bond acceptors (Lipinski definition) is 12. The van der Waals surface area contributed by atoms with Crippen molar-refractivity contribution in [2.24, 2.45) is 11.8 Å². The lowest BCUT2D eigenvalue weighted by atomic mass is 9.78. The van der Waals surface area contributed by atoms with Crippen LogP contribution in [-0.2, 0) is 25.7 Å². The summed E-state index contributed by atoms with van der Waals surface area (Å²) in [5.74, 6) is -2.43. The third kappa shape index (κ3) is 6.72. The molecule has 6 atom stereocenters. The molecule has 17 heteroatoms. The fourth-order valence-corrected chi connectivity index (χ4v) is 8.76. The van der Waals surface area contributed by atoms with Crippen LogP contribution >= 0.6 is 11.8 Å². The number of nitrogens with zero attached hydrogens (tertiary/aromatic N) is 8. The molecule has 0 aromatic carbocycles. The number of fused-ring (bicyclic) bond motifs is 1. The average molecular weight is 646 g/mol. The molecule has 0 radical (unpaired) electrons. The summed E-state index contributed by atoms with van der Waals surface area (Å²) >= 11 is 1.47. The number of aliphatic carboxylic acids is 1. The number of amides is 3. The van der Waals surface area contributed by atoms with Crippen LogP contribution in [0.1, 0.15) is 20.3 Å². The zero-order chi connectivity index (χ0) is 31.7. The van der Waals surface area contributed by atoms with E-state index in [-0.39, 0.29) is 53.2 Å². The molecule has 0 aliphatic carbocycles. The molecule has 246 valence electrons. The van der Waals surface area contributed by atoms with Crippen molar-refractivity contribution >= 4 is 35.5 Å². The maximum absolute atomic E-state index is 13.4. The van der Waals surface area contributed by atoms with Crippen molar-refractivity contribution in [2.45, 2.75) is 50.2 Å². The molecule has 16 nitrogen and oxygen atoms in total. The molecule has 4 fully saturated rings. The third-order valence-corrected chi connectivity index (χ3v) is 11.2. The van der Waals surface area contributed by atoms with Crippen LogP contribution in [0.5, 0.6) is 0 Å². The van der Waals surface area contributed by atoms with E-state index in [9.17, 15) is 24.3 Å². The zero-order valence-corrected chi connectivity index (χ0v) is 26.6. The van der Waals surface area contributed by atoms with E-state index < -0.39 is 17.9 Å². The highest BCUT2D eigenvalue weighted by Crippen LogP contribution is 2.51. The van der Waals surface area contributed by atoms with Gasteiger partial charge in [-0.15, -0.1) is 16.9 Å². The first kappa shape index (κ1) is 31.8. The normalized spacial score (nSPS) is 29.9. The lowest BCUT2D eigenvalue weighted by Crippen LogP contribution is -2.66. The van der Waals surface area contributed by atoms with Crippen LogP contribution < -0.4 is 16.0 Å². The molecule has 6 rings (SSSR count).